The zero-order valence-electron chi connectivity index (χ0n) is 10.1. The van der Waals surface area contributed by atoms with Crippen LogP contribution in [0.2, 0.25) is 5.02 Å². The van der Waals surface area contributed by atoms with Crippen LogP contribution >= 0.6 is 11.6 Å². The highest BCUT2D eigenvalue weighted by atomic mass is 35.5. The van der Waals surface area contributed by atoms with Crippen LogP contribution in [0.15, 0.2) is 36.4 Å². The average molecular weight is 280 g/mol. The molecule has 0 radical (unpaired) electrons. The van der Waals surface area contributed by atoms with Crippen LogP contribution in [0, 0.1) is 12.7 Å². The van der Waals surface area contributed by atoms with E-state index >= 15 is 0 Å². The minimum atomic E-state index is -0.444. The van der Waals surface area contributed by atoms with Gasteiger partial charge in [-0.05, 0) is 42.8 Å². The lowest BCUT2D eigenvalue weighted by molar-refractivity contribution is 0.102. The summed E-state index contributed by atoms with van der Waals surface area (Å²) in [5, 5.41) is 12.0. The molecule has 0 atom stereocenters. The van der Waals surface area contributed by atoms with Crippen molar-refractivity contribution < 1.29 is 14.3 Å². The Morgan fingerprint density at radius 1 is 1.26 bits per heavy atom. The number of amides is 1. The summed E-state index contributed by atoms with van der Waals surface area (Å²) < 4.78 is 13.4. The highest BCUT2D eigenvalue weighted by molar-refractivity contribution is 6.32. The van der Waals surface area contributed by atoms with Crippen molar-refractivity contribution in [2.24, 2.45) is 0 Å². The third-order valence-corrected chi connectivity index (χ3v) is 2.94. The number of hydrogen-bond donors (Lipinski definition) is 2. The van der Waals surface area contributed by atoms with Gasteiger partial charge in [0.25, 0.3) is 5.91 Å². The van der Waals surface area contributed by atoms with Crippen LogP contribution in [0.5, 0.6) is 5.75 Å². The number of rotatable bonds is 2. The number of phenols is 1. The molecule has 0 saturated heterocycles. The first-order valence-corrected chi connectivity index (χ1v) is 5.91. The van der Waals surface area contributed by atoms with Crippen LogP contribution in [0.3, 0.4) is 0 Å². The van der Waals surface area contributed by atoms with Crippen molar-refractivity contribution in [3.05, 3.63) is 58.4 Å². The molecule has 98 valence electrons. The molecule has 0 aliphatic rings. The third-order valence-electron chi connectivity index (χ3n) is 2.64. The highest BCUT2D eigenvalue weighted by Gasteiger charge is 2.09. The Balaban J connectivity index is 2.20. The molecule has 3 nitrogen and oxygen atoms in total. The first-order valence-electron chi connectivity index (χ1n) is 5.53. The van der Waals surface area contributed by atoms with Gasteiger partial charge in [-0.2, -0.15) is 0 Å². The molecule has 19 heavy (non-hydrogen) atoms. The van der Waals surface area contributed by atoms with E-state index in [1.165, 1.54) is 36.4 Å². The summed E-state index contributed by atoms with van der Waals surface area (Å²) in [6.45, 7) is 1.62. The van der Waals surface area contributed by atoms with Crippen LogP contribution in [-0.2, 0) is 0 Å². The lowest BCUT2D eigenvalue weighted by Gasteiger charge is -2.07. The van der Waals surface area contributed by atoms with Crippen molar-refractivity contribution in [1.29, 1.82) is 0 Å². The summed E-state index contributed by atoms with van der Waals surface area (Å²) in [4.78, 5) is 11.9. The zero-order chi connectivity index (χ0) is 14.0. The number of hydrogen-bond acceptors (Lipinski definition) is 2. The van der Waals surface area contributed by atoms with Crippen molar-refractivity contribution in [2.45, 2.75) is 6.92 Å². The van der Waals surface area contributed by atoms with Crippen molar-refractivity contribution >= 4 is 23.2 Å². The smallest absolute Gasteiger partial charge is 0.255 e. The lowest BCUT2D eigenvalue weighted by Crippen LogP contribution is -2.12. The van der Waals surface area contributed by atoms with E-state index in [1.54, 1.807) is 6.92 Å². The quantitative estimate of drug-likeness (QED) is 0.823. The standard InChI is InChI=1S/C14H11ClFNO2/c1-8-2-3-9(6-12(8)16)14(19)17-10-4-5-13(18)11(15)7-10/h2-7,18H,1H3,(H,17,19). The molecule has 2 N–H and O–H groups in total. The minimum Gasteiger partial charge on any atom is -0.506 e. The Morgan fingerprint density at radius 3 is 2.63 bits per heavy atom. The minimum absolute atomic E-state index is 0.0685. The fourth-order valence-corrected chi connectivity index (χ4v) is 1.70. The molecule has 0 saturated carbocycles. The van der Waals surface area contributed by atoms with Crippen molar-refractivity contribution in [3.8, 4) is 5.75 Å². The maximum absolute atomic E-state index is 13.4. The first kappa shape index (κ1) is 13.4. The highest BCUT2D eigenvalue weighted by Crippen LogP contribution is 2.26. The van der Waals surface area contributed by atoms with Crippen LogP contribution in [0.25, 0.3) is 0 Å². The molecule has 0 bridgehead atoms. The molecule has 0 aliphatic carbocycles. The number of aryl methyl sites for hydroxylation is 1. The summed E-state index contributed by atoms with van der Waals surface area (Å²) in [5.41, 5.74) is 1.12. The molecule has 0 spiro atoms. The Bertz CT molecular complexity index is 643. The van der Waals surface area contributed by atoms with Gasteiger partial charge in [0, 0.05) is 11.3 Å². The second-order valence-corrected chi connectivity index (χ2v) is 4.49. The van der Waals surface area contributed by atoms with E-state index in [4.69, 9.17) is 11.6 Å². The van der Waals surface area contributed by atoms with E-state index in [0.717, 1.165) is 0 Å². The molecular formula is C14H11ClFNO2. The van der Waals surface area contributed by atoms with Gasteiger partial charge < -0.3 is 10.4 Å². The molecule has 5 heteroatoms. The number of nitrogens with one attached hydrogen (secondary N) is 1. The summed E-state index contributed by atoms with van der Waals surface area (Å²) in [6.07, 6.45) is 0. The largest absolute Gasteiger partial charge is 0.506 e. The molecule has 0 unspecified atom stereocenters. The predicted octanol–water partition coefficient (Wildman–Crippen LogP) is 3.75. The summed E-state index contributed by atoms with van der Waals surface area (Å²) in [6, 6.07) is 8.53. The van der Waals surface area contributed by atoms with Gasteiger partial charge in [0.05, 0.1) is 5.02 Å². The van der Waals surface area contributed by atoms with E-state index in [-0.39, 0.29) is 16.3 Å². The van der Waals surface area contributed by atoms with Gasteiger partial charge in [0.1, 0.15) is 11.6 Å². The first-order chi connectivity index (χ1) is 8.97. The lowest BCUT2D eigenvalue weighted by atomic mass is 10.1. The van der Waals surface area contributed by atoms with Crippen LogP contribution < -0.4 is 5.32 Å². The summed E-state index contributed by atoms with van der Waals surface area (Å²) in [7, 11) is 0. The van der Waals surface area contributed by atoms with Crippen LogP contribution in [0.1, 0.15) is 15.9 Å². The maximum Gasteiger partial charge on any atom is 0.255 e. The molecule has 0 heterocycles. The SMILES string of the molecule is Cc1ccc(C(=O)Nc2ccc(O)c(Cl)c2)cc1F. The number of carbonyl (C=O) groups excluding carboxylic acids is 1. The number of benzene rings is 2. The topological polar surface area (TPSA) is 49.3 Å². The second kappa shape index (κ2) is 5.28. The Hall–Kier alpha value is -2.07. The summed E-state index contributed by atoms with van der Waals surface area (Å²) >= 11 is 5.73. The zero-order valence-corrected chi connectivity index (χ0v) is 10.8. The van der Waals surface area contributed by atoms with E-state index in [1.807, 2.05) is 0 Å². The third kappa shape index (κ3) is 3.03. The van der Waals surface area contributed by atoms with Crippen molar-refractivity contribution in [3.63, 3.8) is 0 Å². The monoisotopic (exact) mass is 279 g/mol. The number of carbonyl (C=O) groups is 1. The second-order valence-electron chi connectivity index (χ2n) is 4.08. The number of anilines is 1. The average Bonchev–Trinajstić information content (AvgIpc) is 2.37. The van der Waals surface area contributed by atoms with Gasteiger partial charge in [0.15, 0.2) is 0 Å². The Labute approximate surface area is 114 Å². The van der Waals surface area contributed by atoms with E-state index in [9.17, 15) is 14.3 Å². The number of halogens is 2. The number of aromatic hydroxyl groups is 1. The van der Waals surface area contributed by atoms with Crippen molar-refractivity contribution in [1.82, 2.24) is 0 Å². The maximum atomic E-state index is 13.4. The Morgan fingerprint density at radius 2 is 2.00 bits per heavy atom. The van der Waals surface area contributed by atoms with Gasteiger partial charge in [-0.15, -0.1) is 0 Å². The van der Waals surface area contributed by atoms with E-state index in [2.05, 4.69) is 5.32 Å². The normalized spacial score (nSPS) is 10.3. The number of phenolic OH excluding ortho intramolecular Hbond substituents is 1. The van der Waals surface area contributed by atoms with Gasteiger partial charge in [-0.25, -0.2) is 4.39 Å². The van der Waals surface area contributed by atoms with Gasteiger partial charge in [-0.1, -0.05) is 17.7 Å². The summed E-state index contributed by atoms with van der Waals surface area (Å²) in [5.74, 6) is -0.946. The van der Waals surface area contributed by atoms with Crippen LogP contribution in [-0.4, -0.2) is 11.0 Å². The predicted molar refractivity (Wildman–Crippen MR) is 72.2 cm³/mol. The molecular weight excluding hydrogens is 269 g/mol. The molecule has 2 aromatic rings. The Kier molecular flexibility index (Phi) is 3.71. The van der Waals surface area contributed by atoms with Gasteiger partial charge in [0.2, 0.25) is 0 Å². The van der Waals surface area contributed by atoms with Gasteiger partial charge in [-0.3, -0.25) is 4.79 Å². The molecule has 2 rings (SSSR count). The fraction of sp³-hybridized carbons (Fsp3) is 0.0714. The molecule has 2 aromatic carbocycles. The molecule has 1 amide bonds. The van der Waals surface area contributed by atoms with E-state index in [0.29, 0.717) is 11.3 Å². The molecule has 0 aromatic heterocycles. The fourth-order valence-electron chi connectivity index (χ4n) is 1.52. The van der Waals surface area contributed by atoms with Gasteiger partial charge >= 0.3 is 0 Å². The molecule has 0 aliphatic heterocycles. The van der Waals surface area contributed by atoms with E-state index < -0.39 is 11.7 Å². The molecule has 0 fully saturated rings. The van der Waals surface area contributed by atoms with Crippen LogP contribution in [0.4, 0.5) is 10.1 Å². The van der Waals surface area contributed by atoms with Crippen molar-refractivity contribution in [2.75, 3.05) is 5.32 Å².